The highest BCUT2D eigenvalue weighted by Gasteiger charge is 2.26. The molecule has 0 spiro atoms. The first kappa shape index (κ1) is 16.2. The van der Waals surface area contributed by atoms with E-state index in [9.17, 15) is 9.59 Å². The van der Waals surface area contributed by atoms with Gasteiger partial charge in [-0.15, -0.1) is 0 Å². The molecule has 1 aliphatic heterocycles. The van der Waals surface area contributed by atoms with E-state index < -0.39 is 0 Å². The molecule has 0 bridgehead atoms. The van der Waals surface area contributed by atoms with Gasteiger partial charge >= 0.3 is 0 Å². The number of ether oxygens (including phenoxy) is 1. The Labute approximate surface area is 116 Å². The van der Waals surface area contributed by atoms with E-state index in [2.05, 4.69) is 20.8 Å². The second-order valence-electron chi connectivity index (χ2n) is 6.52. The van der Waals surface area contributed by atoms with E-state index in [0.717, 1.165) is 25.9 Å². The summed E-state index contributed by atoms with van der Waals surface area (Å²) in [4.78, 5) is 25.2. The van der Waals surface area contributed by atoms with Gasteiger partial charge in [-0.3, -0.25) is 9.59 Å². The molecule has 1 saturated heterocycles. The fraction of sp³-hybridized carbons (Fsp3) is 0.867. The van der Waals surface area contributed by atoms with E-state index in [0.29, 0.717) is 12.8 Å². The van der Waals surface area contributed by atoms with Gasteiger partial charge in [0.1, 0.15) is 6.61 Å². The van der Waals surface area contributed by atoms with Crippen LogP contribution in [0.15, 0.2) is 0 Å². The first-order valence-corrected chi connectivity index (χ1v) is 7.23. The Morgan fingerprint density at radius 3 is 2.26 bits per heavy atom. The summed E-state index contributed by atoms with van der Waals surface area (Å²) in [7, 11) is 0. The van der Waals surface area contributed by atoms with Crippen molar-refractivity contribution >= 4 is 11.7 Å². The van der Waals surface area contributed by atoms with Crippen LogP contribution in [0, 0.1) is 5.41 Å². The molecular weight excluding hydrogens is 242 g/mol. The molecule has 0 aliphatic carbocycles. The number of carbonyl (C=O) groups excluding carboxylic acids is 2. The molecule has 0 saturated carbocycles. The number of piperidine rings is 1. The molecule has 0 radical (unpaired) electrons. The summed E-state index contributed by atoms with van der Waals surface area (Å²) in [6.07, 6.45) is 2.93. The first-order valence-electron chi connectivity index (χ1n) is 7.23. The molecule has 0 aromatic carbocycles. The number of ketones is 1. The predicted molar refractivity (Wildman–Crippen MR) is 74.9 cm³/mol. The quantitative estimate of drug-likeness (QED) is 0.770. The van der Waals surface area contributed by atoms with Crippen molar-refractivity contribution < 1.29 is 14.3 Å². The summed E-state index contributed by atoms with van der Waals surface area (Å²) in [6, 6.07) is 0. The van der Waals surface area contributed by atoms with Gasteiger partial charge in [0.05, 0.1) is 6.10 Å². The van der Waals surface area contributed by atoms with Crippen LogP contribution in [0.4, 0.5) is 0 Å². The fourth-order valence-electron chi connectivity index (χ4n) is 2.15. The Morgan fingerprint density at radius 1 is 1.21 bits per heavy atom. The molecule has 1 heterocycles. The highest BCUT2D eigenvalue weighted by atomic mass is 16.5. The van der Waals surface area contributed by atoms with E-state index in [4.69, 9.17) is 4.74 Å². The number of likely N-dealkylation sites (tertiary alicyclic amines) is 1. The van der Waals surface area contributed by atoms with Crippen molar-refractivity contribution in [3.05, 3.63) is 0 Å². The Morgan fingerprint density at radius 2 is 1.79 bits per heavy atom. The van der Waals surface area contributed by atoms with Crippen LogP contribution in [-0.4, -0.2) is 42.4 Å². The maximum Gasteiger partial charge on any atom is 0.223 e. The van der Waals surface area contributed by atoms with Gasteiger partial charge in [-0.25, -0.2) is 0 Å². The van der Waals surface area contributed by atoms with Gasteiger partial charge in [-0.05, 0) is 18.3 Å². The minimum Gasteiger partial charge on any atom is -0.370 e. The molecule has 0 aromatic rings. The topological polar surface area (TPSA) is 46.6 Å². The Hall–Kier alpha value is -0.900. The van der Waals surface area contributed by atoms with Crippen LogP contribution in [0.5, 0.6) is 0 Å². The predicted octanol–water partition coefficient (Wildman–Crippen LogP) is 2.41. The summed E-state index contributed by atoms with van der Waals surface area (Å²) in [6.45, 7) is 9.81. The normalized spacial score (nSPS) is 17.6. The third-order valence-electron chi connectivity index (χ3n) is 3.35. The molecule has 0 atom stereocenters. The minimum absolute atomic E-state index is 0.0397. The Bertz CT molecular complexity index is 312. The molecule has 110 valence electrons. The molecular formula is C15H27NO3. The monoisotopic (exact) mass is 269 g/mol. The lowest BCUT2D eigenvalue weighted by Gasteiger charge is -2.33. The second-order valence-corrected chi connectivity index (χ2v) is 6.52. The van der Waals surface area contributed by atoms with Crippen molar-refractivity contribution in [1.29, 1.82) is 0 Å². The summed E-state index contributed by atoms with van der Waals surface area (Å²) in [5.74, 6) is 0.377. The molecule has 0 unspecified atom stereocenters. The zero-order valence-corrected chi connectivity index (χ0v) is 12.7. The molecule has 19 heavy (non-hydrogen) atoms. The molecule has 0 aromatic heterocycles. The lowest BCUT2D eigenvalue weighted by Crippen LogP contribution is -2.42. The van der Waals surface area contributed by atoms with Gasteiger partial charge < -0.3 is 9.64 Å². The second kappa shape index (κ2) is 7.04. The van der Waals surface area contributed by atoms with Gasteiger partial charge in [0.2, 0.25) is 5.91 Å². The molecule has 1 amide bonds. The SMILES string of the molecule is CCC(=O)COC1CCN(C(=O)CC(C)(C)C)CC1. The number of hydrogen-bond acceptors (Lipinski definition) is 3. The van der Waals surface area contributed by atoms with Crippen LogP contribution in [0.3, 0.4) is 0 Å². The van der Waals surface area contributed by atoms with Crippen LogP contribution < -0.4 is 0 Å². The third kappa shape index (κ3) is 6.19. The molecule has 1 fully saturated rings. The summed E-state index contributed by atoms with van der Waals surface area (Å²) in [5, 5.41) is 0. The zero-order chi connectivity index (χ0) is 14.5. The number of amides is 1. The largest absolute Gasteiger partial charge is 0.370 e. The van der Waals surface area contributed by atoms with Gasteiger partial charge in [-0.2, -0.15) is 0 Å². The molecule has 4 nitrogen and oxygen atoms in total. The van der Waals surface area contributed by atoms with Crippen LogP contribution in [0.1, 0.15) is 53.4 Å². The number of nitrogens with zero attached hydrogens (tertiary/aromatic N) is 1. The number of carbonyl (C=O) groups is 2. The van der Waals surface area contributed by atoms with E-state index in [1.807, 2.05) is 11.8 Å². The zero-order valence-electron chi connectivity index (χ0n) is 12.7. The van der Waals surface area contributed by atoms with Gasteiger partial charge in [0.25, 0.3) is 0 Å². The van der Waals surface area contributed by atoms with Crippen LogP contribution in [-0.2, 0) is 14.3 Å². The van der Waals surface area contributed by atoms with E-state index >= 15 is 0 Å². The molecule has 1 rings (SSSR count). The highest BCUT2D eigenvalue weighted by Crippen LogP contribution is 2.22. The average Bonchev–Trinajstić information content (AvgIpc) is 2.34. The maximum absolute atomic E-state index is 12.1. The smallest absolute Gasteiger partial charge is 0.223 e. The average molecular weight is 269 g/mol. The van der Waals surface area contributed by atoms with E-state index in [1.54, 1.807) is 0 Å². The van der Waals surface area contributed by atoms with Crippen molar-refractivity contribution in [3.8, 4) is 0 Å². The summed E-state index contributed by atoms with van der Waals surface area (Å²) < 4.78 is 5.58. The third-order valence-corrected chi connectivity index (χ3v) is 3.35. The summed E-state index contributed by atoms with van der Waals surface area (Å²) >= 11 is 0. The number of hydrogen-bond donors (Lipinski definition) is 0. The Balaban J connectivity index is 2.29. The van der Waals surface area contributed by atoms with Gasteiger partial charge in [0, 0.05) is 25.9 Å². The summed E-state index contributed by atoms with van der Waals surface area (Å²) in [5.41, 5.74) is 0.0397. The minimum atomic E-state index is 0.0397. The van der Waals surface area contributed by atoms with Gasteiger partial charge in [0.15, 0.2) is 5.78 Å². The molecule has 4 heteroatoms. The van der Waals surface area contributed by atoms with Crippen molar-refractivity contribution in [3.63, 3.8) is 0 Å². The van der Waals surface area contributed by atoms with Gasteiger partial charge in [-0.1, -0.05) is 27.7 Å². The molecule has 1 aliphatic rings. The van der Waals surface area contributed by atoms with Crippen molar-refractivity contribution in [2.45, 2.75) is 59.5 Å². The number of rotatable bonds is 5. The lowest BCUT2D eigenvalue weighted by atomic mass is 9.91. The van der Waals surface area contributed by atoms with Crippen LogP contribution in [0.25, 0.3) is 0 Å². The van der Waals surface area contributed by atoms with Crippen molar-refractivity contribution in [2.75, 3.05) is 19.7 Å². The highest BCUT2D eigenvalue weighted by molar-refractivity contribution is 5.79. The standard InChI is InChI=1S/C15H27NO3/c1-5-12(17)11-19-13-6-8-16(9-7-13)14(18)10-15(2,3)4/h13H,5-11H2,1-4H3. The first-order chi connectivity index (χ1) is 8.81. The van der Waals surface area contributed by atoms with Crippen LogP contribution >= 0.6 is 0 Å². The van der Waals surface area contributed by atoms with Crippen molar-refractivity contribution in [1.82, 2.24) is 4.90 Å². The van der Waals surface area contributed by atoms with E-state index in [1.165, 1.54) is 0 Å². The van der Waals surface area contributed by atoms with Crippen LogP contribution in [0.2, 0.25) is 0 Å². The van der Waals surface area contributed by atoms with E-state index in [-0.39, 0.29) is 29.8 Å². The van der Waals surface area contributed by atoms with Crippen molar-refractivity contribution in [2.24, 2.45) is 5.41 Å². The maximum atomic E-state index is 12.1. The number of Topliss-reactive ketones (excluding diaryl/α,β-unsaturated/α-hetero) is 1. The lowest BCUT2D eigenvalue weighted by molar-refractivity contribution is -0.137. The molecule has 0 N–H and O–H groups in total. The fourth-order valence-corrected chi connectivity index (χ4v) is 2.15. The Kier molecular flexibility index (Phi) is 5.98.